The lowest BCUT2D eigenvalue weighted by atomic mass is 9.74. The van der Waals surface area contributed by atoms with Crippen LogP contribution in [0, 0.1) is 5.92 Å². The number of amides is 2. The second-order valence-corrected chi connectivity index (χ2v) is 10.1. The molecule has 0 radical (unpaired) electrons. The van der Waals surface area contributed by atoms with Gasteiger partial charge in [0.15, 0.2) is 0 Å². The molecule has 7 heteroatoms. The summed E-state index contributed by atoms with van der Waals surface area (Å²) in [6, 6.07) is 16.3. The fourth-order valence-corrected chi connectivity index (χ4v) is 5.43. The van der Waals surface area contributed by atoms with Gasteiger partial charge in [-0.1, -0.05) is 48.5 Å². The SMILES string of the molecule is CC(NC(=O)CC1(NC(=O)OCC2c3ccccc3-c3ccccc32)CCC1)(C(=O)O)C1CC1. The Bertz CT molecular complexity index is 1090. The van der Waals surface area contributed by atoms with Crippen LogP contribution in [0.5, 0.6) is 0 Å². The number of alkyl carbamates (subject to hydrolysis) is 1. The van der Waals surface area contributed by atoms with Crippen LogP contribution in [-0.2, 0) is 14.3 Å². The first-order valence-electron chi connectivity index (χ1n) is 12.0. The number of ether oxygens (including phenoxy) is 1. The lowest BCUT2D eigenvalue weighted by Gasteiger charge is -2.42. The number of carboxylic acids is 1. The van der Waals surface area contributed by atoms with Crippen molar-refractivity contribution in [1.82, 2.24) is 10.6 Å². The molecule has 34 heavy (non-hydrogen) atoms. The molecule has 0 spiro atoms. The van der Waals surface area contributed by atoms with Crippen LogP contribution in [0.1, 0.15) is 62.5 Å². The summed E-state index contributed by atoms with van der Waals surface area (Å²) < 4.78 is 5.66. The number of benzene rings is 2. The van der Waals surface area contributed by atoms with E-state index in [0.29, 0.717) is 12.8 Å². The van der Waals surface area contributed by atoms with Gasteiger partial charge in [0.25, 0.3) is 0 Å². The molecule has 3 N–H and O–H groups in total. The number of hydrogen-bond acceptors (Lipinski definition) is 4. The molecule has 0 heterocycles. The second kappa shape index (κ2) is 8.46. The molecular formula is C27H30N2O5. The molecule has 5 rings (SSSR count). The minimum Gasteiger partial charge on any atom is -0.480 e. The van der Waals surface area contributed by atoms with Crippen molar-refractivity contribution in [3.8, 4) is 11.1 Å². The highest BCUT2D eigenvalue weighted by Gasteiger charge is 2.50. The van der Waals surface area contributed by atoms with Crippen LogP contribution in [0.15, 0.2) is 48.5 Å². The second-order valence-electron chi connectivity index (χ2n) is 10.1. The van der Waals surface area contributed by atoms with Crippen LogP contribution in [0.25, 0.3) is 11.1 Å². The average Bonchev–Trinajstić information content (AvgIpc) is 3.60. The van der Waals surface area contributed by atoms with Crippen LogP contribution in [0.2, 0.25) is 0 Å². The summed E-state index contributed by atoms with van der Waals surface area (Å²) in [5, 5.41) is 15.3. The molecule has 1 atom stereocenters. The molecule has 0 aromatic heterocycles. The van der Waals surface area contributed by atoms with E-state index < -0.39 is 23.1 Å². The van der Waals surface area contributed by atoms with Crippen molar-refractivity contribution in [3.05, 3.63) is 59.7 Å². The number of carbonyl (C=O) groups excluding carboxylic acids is 2. The van der Waals surface area contributed by atoms with Gasteiger partial charge in [-0.05, 0) is 67.2 Å². The highest BCUT2D eigenvalue weighted by Crippen LogP contribution is 2.45. The molecule has 2 aromatic rings. The Hall–Kier alpha value is -3.35. The number of nitrogens with one attached hydrogen (secondary N) is 2. The van der Waals surface area contributed by atoms with Gasteiger partial charge in [0, 0.05) is 12.3 Å². The third kappa shape index (κ3) is 4.04. The van der Waals surface area contributed by atoms with Gasteiger partial charge in [-0.25, -0.2) is 9.59 Å². The van der Waals surface area contributed by atoms with Gasteiger partial charge >= 0.3 is 12.1 Å². The molecule has 3 aliphatic rings. The largest absolute Gasteiger partial charge is 0.480 e. The number of aliphatic carboxylic acids is 1. The number of rotatable bonds is 8. The molecule has 7 nitrogen and oxygen atoms in total. The van der Waals surface area contributed by atoms with E-state index in [1.54, 1.807) is 6.92 Å². The molecule has 2 saturated carbocycles. The predicted octanol–water partition coefficient (Wildman–Crippen LogP) is 4.21. The van der Waals surface area contributed by atoms with Gasteiger partial charge in [-0.15, -0.1) is 0 Å². The molecule has 0 aliphatic heterocycles. The Kier molecular flexibility index (Phi) is 5.58. The maximum absolute atomic E-state index is 12.8. The molecule has 1 unspecified atom stereocenters. The van der Waals surface area contributed by atoms with Crippen LogP contribution < -0.4 is 10.6 Å². The van der Waals surface area contributed by atoms with E-state index in [1.165, 1.54) is 0 Å². The highest BCUT2D eigenvalue weighted by atomic mass is 16.5. The van der Waals surface area contributed by atoms with Crippen LogP contribution in [0.3, 0.4) is 0 Å². The Labute approximate surface area is 198 Å². The fourth-order valence-electron chi connectivity index (χ4n) is 5.43. The van der Waals surface area contributed by atoms with Crippen LogP contribution >= 0.6 is 0 Å². The van der Waals surface area contributed by atoms with Crippen molar-refractivity contribution in [2.24, 2.45) is 5.92 Å². The van der Waals surface area contributed by atoms with Crippen molar-refractivity contribution in [2.75, 3.05) is 6.61 Å². The van der Waals surface area contributed by atoms with Crippen LogP contribution in [0.4, 0.5) is 4.79 Å². The Morgan fingerprint density at radius 2 is 1.62 bits per heavy atom. The summed E-state index contributed by atoms with van der Waals surface area (Å²) in [7, 11) is 0. The maximum atomic E-state index is 12.8. The first kappa shape index (κ1) is 22.4. The molecular weight excluding hydrogens is 432 g/mol. The summed E-state index contributed by atoms with van der Waals surface area (Å²) in [5.41, 5.74) is 2.67. The molecule has 0 bridgehead atoms. The van der Waals surface area contributed by atoms with Gasteiger partial charge < -0.3 is 20.5 Å². The van der Waals surface area contributed by atoms with E-state index in [4.69, 9.17) is 4.74 Å². The smallest absolute Gasteiger partial charge is 0.407 e. The van der Waals surface area contributed by atoms with E-state index in [9.17, 15) is 19.5 Å². The highest BCUT2D eigenvalue weighted by molar-refractivity contribution is 5.88. The lowest BCUT2D eigenvalue weighted by Crippen LogP contribution is -2.59. The van der Waals surface area contributed by atoms with Gasteiger partial charge in [-0.3, -0.25) is 4.79 Å². The summed E-state index contributed by atoms with van der Waals surface area (Å²) in [5.74, 6) is -1.44. The third-order valence-electron chi connectivity index (χ3n) is 7.76. The van der Waals surface area contributed by atoms with E-state index in [1.807, 2.05) is 24.3 Å². The predicted molar refractivity (Wildman–Crippen MR) is 126 cm³/mol. The van der Waals surface area contributed by atoms with Crippen molar-refractivity contribution < 1.29 is 24.2 Å². The van der Waals surface area contributed by atoms with Gasteiger partial charge in [0.05, 0.1) is 5.54 Å². The Morgan fingerprint density at radius 1 is 1.03 bits per heavy atom. The summed E-state index contributed by atoms with van der Waals surface area (Å²) in [6.45, 7) is 1.78. The monoisotopic (exact) mass is 462 g/mol. The number of carbonyl (C=O) groups is 3. The Morgan fingerprint density at radius 3 is 2.12 bits per heavy atom. The lowest BCUT2D eigenvalue weighted by molar-refractivity contribution is -0.148. The summed E-state index contributed by atoms with van der Waals surface area (Å²) >= 11 is 0. The average molecular weight is 463 g/mol. The molecule has 0 saturated heterocycles. The van der Waals surface area contributed by atoms with E-state index in [0.717, 1.165) is 41.5 Å². The Balaban J connectivity index is 1.21. The van der Waals surface area contributed by atoms with Crippen molar-refractivity contribution in [3.63, 3.8) is 0 Å². The normalized spacial score (nSPS) is 19.7. The zero-order valence-corrected chi connectivity index (χ0v) is 19.3. The summed E-state index contributed by atoms with van der Waals surface area (Å²) in [6.07, 6.45) is 3.33. The number of carboxylic acid groups (broad SMARTS) is 1. The number of hydrogen-bond donors (Lipinski definition) is 3. The van der Waals surface area contributed by atoms with Gasteiger partial charge in [0.2, 0.25) is 5.91 Å². The van der Waals surface area contributed by atoms with Gasteiger partial charge in [-0.2, -0.15) is 0 Å². The minimum atomic E-state index is -1.26. The topological polar surface area (TPSA) is 105 Å². The minimum absolute atomic E-state index is 0.0337. The zero-order valence-electron chi connectivity index (χ0n) is 19.3. The van der Waals surface area contributed by atoms with E-state index in [2.05, 4.69) is 34.9 Å². The molecule has 3 aliphatic carbocycles. The van der Waals surface area contributed by atoms with Gasteiger partial charge in [0.1, 0.15) is 12.1 Å². The van der Waals surface area contributed by atoms with E-state index >= 15 is 0 Å². The fraction of sp³-hybridized carbons (Fsp3) is 0.444. The third-order valence-corrected chi connectivity index (χ3v) is 7.76. The first-order valence-corrected chi connectivity index (χ1v) is 12.0. The van der Waals surface area contributed by atoms with Crippen molar-refractivity contribution in [2.45, 2.75) is 62.4 Å². The molecule has 178 valence electrons. The van der Waals surface area contributed by atoms with Crippen molar-refractivity contribution in [1.29, 1.82) is 0 Å². The maximum Gasteiger partial charge on any atom is 0.407 e. The molecule has 2 amide bonds. The quantitative estimate of drug-likeness (QED) is 0.545. The molecule has 2 fully saturated rings. The number of fused-ring (bicyclic) bond motifs is 3. The zero-order chi connectivity index (χ0) is 23.9. The molecule has 2 aromatic carbocycles. The van der Waals surface area contributed by atoms with E-state index in [-0.39, 0.29) is 30.8 Å². The first-order chi connectivity index (χ1) is 16.3. The standard InChI is InChI=1S/C27H30N2O5/c1-26(24(31)32,17-11-12-17)28-23(30)15-27(13-6-14-27)29-25(33)34-16-22-20-9-4-2-7-18(20)19-8-3-5-10-21(19)22/h2-5,7-10,17,22H,6,11-16H2,1H3,(H,28,30)(H,29,33)(H,31,32). The summed E-state index contributed by atoms with van der Waals surface area (Å²) in [4.78, 5) is 37.3. The van der Waals surface area contributed by atoms with Crippen LogP contribution in [-0.4, -0.2) is 40.8 Å². The van der Waals surface area contributed by atoms with Crippen molar-refractivity contribution >= 4 is 18.0 Å².